The molecule has 0 radical (unpaired) electrons. The molecule has 1 aliphatic heterocycles. The van der Waals surface area contributed by atoms with E-state index in [0.29, 0.717) is 47.7 Å². The van der Waals surface area contributed by atoms with Crippen molar-refractivity contribution < 1.29 is 14.0 Å². The predicted molar refractivity (Wildman–Crippen MR) is 108 cm³/mol. The largest absolute Gasteiger partial charge is 0.368 e. The molecule has 0 spiro atoms. The molecule has 1 amide bonds. The first kappa shape index (κ1) is 18.5. The van der Waals surface area contributed by atoms with Crippen molar-refractivity contribution in [1.82, 2.24) is 9.47 Å². The van der Waals surface area contributed by atoms with Crippen LogP contribution in [-0.2, 0) is 0 Å². The molecule has 1 saturated heterocycles. The van der Waals surface area contributed by atoms with Crippen LogP contribution >= 0.6 is 11.6 Å². The summed E-state index contributed by atoms with van der Waals surface area (Å²) in [6.45, 7) is 3.88. The highest BCUT2D eigenvalue weighted by atomic mass is 35.5. The molecule has 7 heteroatoms. The fraction of sp³-hybridized carbons (Fsp3) is 0.238. The normalized spacial score (nSPS) is 14.5. The SMILES string of the molecule is CC(=O)n1cc(C(=O)N2CCN(c3ccc(F)cc3)CC2)c2ccc(Cl)cc21. The molecule has 1 aromatic heterocycles. The summed E-state index contributed by atoms with van der Waals surface area (Å²) in [5.74, 6) is -0.543. The molecule has 0 saturated carbocycles. The second-order valence-electron chi connectivity index (χ2n) is 6.85. The van der Waals surface area contributed by atoms with Crippen LogP contribution in [0.1, 0.15) is 22.1 Å². The second kappa shape index (κ2) is 7.28. The first-order valence-corrected chi connectivity index (χ1v) is 9.43. The van der Waals surface area contributed by atoms with Gasteiger partial charge in [-0.05, 0) is 36.4 Å². The number of benzene rings is 2. The summed E-state index contributed by atoms with van der Waals surface area (Å²) in [6.07, 6.45) is 1.60. The van der Waals surface area contributed by atoms with Gasteiger partial charge in [-0.3, -0.25) is 14.2 Å². The van der Waals surface area contributed by atoms with Gasteiger partial charge in [0.2, 0.25) is 5.91 Å². The molecule has 0 bridgehead atoms. The highest BCUT2D eigenvalue weighted by Crippen LogP contribution is 2.27. The quantitative estimate of drug-likeness (QED) is 0.653. The molecule has 4 rings (SSSR count). The van der Waals surface area contributed by atoms with Crippen molar-refractivity contribution >= 4 is 40.0 Å². The third-order valence-corrected chi connectivity index (χ3v) is 5.33. The molecular weight excluding hydrogens is 381 g/mol. The summed E-state index contributed by atoms with van der Waals surface area (Å²) in [5.41, 5.74) is 2.07. The Bertz CT molecular complexity index is 1050. The molecule has 2 aromatic carbocycles. The van der Waals surface area contributed by atoms with E-state index >= 15 is 0 Å². The minimum absolute atomic E-state index is 0.105. The van der Waals surface area contributed by atoms with E-state index in [1.807, 2.05) is 0 Å². The van der Waals surface area contributed by atoms with Gasteiger partial charge in [0, 0.05) is 55.4 Å². The molecule has 28 heavy (non-hydrogen) atoms. The summed E-state index contributed by atoms with van der Waals surface area (Å²) in [7, 11) is 0. The lowest BCUT2D eigenvalue weighted by Crippen LogP contribution is -2.48. The van der Waals surface area contributed by atoms with Gasteiger partial charge in [0.25, 0.3) is 5.91 Å². The molecule has 5 nitrogen and oxygen atoms in total. The molecule has 3 aromatic rings. The zero-order chi connectivity index (χ0) is 19.8. The number of carbonyl (C=O) groups is 2. The van der Waals surface area contributed by atoms with E-state index in [1.54, 1.807) is 41.4 Å². The van der Waals surface area contributed by atoms with E-state index in [0.717, 1.165) is 5.69 Å². The average molecular weight is 400 g/mol. The lowest BCUT2D eigenvalue weighted by molar-refractivity contribution is 0.0748. The van der Waals surface area contributed by atoms with Crippen molar-refractivity contribution in [1.29, 1.82) is 0 Å². The van der Waals surface area contributed by atoms with Crippen LogP contribution in [0.3, 0.4) is 0 Å². The van der Waals surface area contributed by atoms with Gasteiger partial charge in [0.15, 0.2) is 0 Å². The Labute approximate surface area is 166 Å². The number of piperazine rings is 1. The topological polar surface area (TPSA) is 45.6 Å². The number of aromatic nitrogens is 1. The number of nitrogens with zero attached hydrogens (tertiary/aromatic N) is 3. The van der Waals surface area contributed by atoms with Crippen LogP contribution in [0.15, 0.2) is 48.7 Å². The van der Waals surface area contributed by atoms with Gasteiger partial charge in [-0.25, -0.2) is 4.39 Å². The van der Waals surface area contributed by atoms with Crippen molar-refractivity contribution in [2.45, 2.75) is 6.92 Å². The van der Waals surface area contributed by atoms with Crippen molar-refractivity contribution in [3.8, 4) is 0 Å². The molecule has 2 heterocycles. The van der Waals surface area contributed by atoms with Crippen LogP contribution in [0.5, 0.6) is 0 Å². The standard InChI is InChI=1S/C21H19ClFN3O2/c1-14(27)26-13-19(18-7-2-15(22)12-20(18)26)21(28)25-10-8-24(9-11-25)17-5-3-16(23)4-6-17/h2-7,12-13H,8-11H2,1H3. The average Bonchev–Trinajstić information content (AvgIpc) is 3.07. The minimum atomic E-state index is -0.264. The van der Waals surface area contributed by atoms with E-state index in [2.05, 4.69) is 4.90 Å². The summed E-state index contributed by atoms with van der Waals surface area (Å²) >= 11 is 6.07. The molecular formula is C21H19ClFN3O2. The number of hydrogen-bond acceptors (Lipinski definition) is 3. The van der Waals surface area contributed by atoms with E-state index in [-0.39, 0.29) is 17.6 Å². The van der Waals surface area contributed by atoms with E-state index in [4.69, 9.17) is 11.6 Å². The van der Waals surface area contributed by atoms with E-state index in [9.17, 15) is 14.0 Å². The van der Waals surface area contributed by atoms with Gasteiger partial charge in [0.05, 0.1) is 11.1 Å². The molecule has 0 aliphatic carbocycles. The minimum Gasteiger partial charge on any atom is -0.368 e. The molecule has 0 atom stereocenters. The summed E-state index contributed by atoms with van der Waals surface area (Å²) in [5, 5.41) is 1.23. The summed E-state index contributed by atoms with van der Waals surface area (Å²) in [6, 6.07) is 11.6. The van der Waals surface area contributed by atoms with Gasteiger partial charge in [0.1, 0.15) is 5.82 Å². The lowest BCUT2D eigenvalue weighted by atomic mass is 10.1. The number of fused-ring (bicyclic) bond motifs is 1. The van der Waals surface area contributed by atoms with Gasteiger partial charge >= 0.3 is 0 Å². The highest BCUT2D eigenvalue weighted by Gasteiger charge is 2.25. The van der Waals surface area contributed by atoms with Gasteiger partial charge < -0.3 is 9.80 Å². The second-order valence-corrected chi connectivity index (χ2v) is 7.29. The smallest absolute Gasteiger partial charge is 0.256 e. The number of anilines is 1. The summed E-state index contributed by atoms with van der Waals surface area (Å²) in [4.78, 5) is 29.0. The number of hydrogen-bond donors (Lipinski definition) is 0. The Morgan fingerprint density at radius 2 is 1.68 bits per heavy atom. The lowest BCUT2D eigenvalue weighted by Gasteiger charge is -2.36. The van der Waals surface area contributed by atoms with Gasteiger partial charge in [-0.1, -0.05) is 17.7 Å². The number of halogens is 2. The Kier molecular flexibility index (Phi) is 4.81. The monoisotopic (exact) mass is 399 g/mol. The third kappa shape index (κ3) is 3.36. The maximum atomic E-state index is 13.1. The predicted octanol–water partition coefficient (Wildman–Crippen LogP) is 4.06. The number of rotatable bonds is 2. The zero-order valence-corrected chi connectivity index (χ0v) is 16.1. The first-order chi connectivity index (χ1) is 13.4. The number of amides is 1. The molecule has 0 N–H and O–H groups in total. The van der Waals surface area contributed by atoms with Crippen molar-refractivity contribution in [2.24, 2.45) is 0 Å². The molecule has 1 aliphatic rings. The van der Waals surface area contributed by atoms with Crippen LogP contribution in [0, 0.1) is 5.82 Å². The van der Waals surface area contributed by atoms with Crippen LogP contribution in [-0.4, -0.2) is 47.5 Å². The van der Waals surface area contributed by atoms with Gasteiger partial charge in [-0.15, -0.1) is 0 Å². The Morgan fingerprint density at radius 3 is 2.32 bits per heavy atom. The molecule has 1 fully saturated rings. The van der Waals surface area contributed by atoms with Crippen LogP contribution < -0.4 is 4.90 Å². The molecule has 144 valence electrons. The fourth-order valence-corrected chi connectivity index (χ4v) is 3.79. The Morgan fingerprint density at radius 1 is 1.00 bits per heavy atom. The fourth-order valence-electron chi connectivity index (χ4n) is 3.62. The maximum Gasteiger partial charge on any atom is 0.256 e. The van der Waals surface area contributed by atoms with Crippen LogP contribution in [0.4, 0.5) is 10.1 Å². The van der Waals surface area contributed by atoms with Crippen molar-refractivity contribution in [3.05, 3.63) is 65.1 Å². The van der Waals surface area contributed by atoms with Crippen molar-refractivity contribution in [3.63, 3.8) is 0 Å². The van der Waals surface area contributed by atoms with Crippen LogP contribution in [0.25, 0.3) is 10.9 Å². The maximum absolute atomic E-state index is 13.1. The summed E-state index contributed by atoms with van der Waals surface area (Å²) < 4.78 is 14.6. The Hall–Kier alpha value is -2.86. The molecule has 0 unspecified atom stereocenters. The van der Waals surface area contributed by atoms with Crippen molar-refractivity contribution in [2.75, 3.05) is 31.1 Å². The third-order valence-electron chi connectivity index (χ3n) is 5.10. The number of carbonyl (C=O) groups excluding carboxylic acids is 2. The Balaban J connectivity index is 1.56. The van der Waals surface area contributed by atoms with E-state index in [1.165, 1.54) is 23.6 Å². The first-order valence-electron chi connectivity index (χ1n) is 9.05. The van der Waals surface area contributed by atoms with Crippen LogP contribution in [0.2, 0.25) is 5.02 Å². The van der Waals surface area contributed by atoms with E-state index < -0.39 is 0 Å². The highest BCUT2D eigenvalue weighted by molar-refractivity contribution is 6.31. The van der Waals surface area contributed by atoms with Gasteiger partial charge in [-0.2, -0.15) is 0 Å². The zero-order valence-electron chi connectivity index (χ0n) is 15.4.